The van der Waals surface area contributed by atoms with Crippen LogP contribution < -0.4 is 5.32 Å². The first kappa shape index (κ1) is 59.0. The van der Waals surface area contributed by atoms with Crippen LogP contribution >= 0.6 is 0 Å². The van der Waals surface area contributed by atoms with Crippen LogP contribution in [0.1, 0.15) is 233 Å². The van der Waals surface area contributed by atoms with Crippen LogP contribution in [-0.2, 0) is 14.3 Å². The second-order valence-corrected chi connectivity index (χ2v) is 17.3. The molecule has 0 aromatic heterocycles. The Hall–Kier alpha value is -2.96. The van der Waals surface area contributed by atoms with Gasteiger partial charge in [0.2, 0.25) is 5.91 Å². The fourth-order valence-electron chi connectivity index (χ4n) is 7.42. The molecule has 356 valence electrons. The fourth-order valence-corrected chi connectivity index (χ4v) is 7.42. The number of carbonyl (C=O) groups is 2. The van der Waals surface area contributed by atoms with E-state index in [9.17, 15) is 19.8 Å². The van der Waals surface area contributed by atoms with Crippen LogP contribution in [-0.4, -0.2) is 46.9 Å². The van der Waals surface area contributed by atoms with Crippen LogP contribution in [0.4, 0.5) is 0 Å². The second-order valence-electron chi connectivity index (χ2n) is 17.3. The number of aliphatic hydroxyl groups is 2. The van der Waals surface area contributed by atoms with Crippen LogP contribution in [0.2, 0.25) is 0 Å². The van der Waals surface area contributed by atoms with Crippen molar-refractivity contribution in [3.05, 3.63) is 85.1 Å². The van der Waals surface area contributed by atoms with Gasteiger partial charge in [-0.3, -0.25) is 9.59 Å². The molecule has 0 radical (unpaired) electrons. The van der Waals surface area contributed by atoms with E-state index < -0.39 is 18.2 Å². The van der Waals surface area contributed by atoms with Crippen molar-refractivity contribution < 1.29 is 24.5 Å². The molecule has 0 aromatic rings. The highest BCUT2D eigenvalue weighted by atomic mass is 16.5. The first-order valence-electron chi connectivity index (χ1n) is 25.9. The minimum absolute atomic E-state index is 0.0249. The van der Waals surface area contributed by atoms with E-state index in [-0.39, 0.29) is 24.9 Å². The molecular formula is C56H97NO5. The second kappa shape index (κ2) is 49.1. The number of hydrogen-bond acceptors (Lipinski definition) is 5. The highest BCUT2D eigenvalue weighted by Crippen LogP contribution is 2.16. The van der Waals surface area contributed by atoms with Crippen molar-refractivity contribution in [1.82, 2.24) is 5.32 Å². The van der Waals surface area contributed by atoms with Gasteiger partial charge in [-0.2, -0.15) is 0 Å². The Bertz CT molecular complexity index is 1200. The molecule has 3 N–H and O–H groups in total. The quantitative estimate of drug-likeness (QED) is 0.0245. The van der Waals surface area contributed by atoms with Crippen LogP contribution in [0.25, 0.3) is 0 Å². The predicted octanol–water partition coefficient (Wildman–Crippen LogP) is 15.6. The molecule has 0 aliphatic heterocycles. The molecule has 0 aromatic carbocycles. The summed E-state index contributed by atoms with van der Waals surface area (Å²) in [5, 5.41) is 23.7. The Morgan fingerprint density at radius 1 is 0.516 bits per heavy atom. The molecule has 0 saturated heterocycles. The molecule has 0 saturated carbocycles. The van der Waals surface area contributed by atoms with Crippen molar-refractivity contribution in [2.45, 2.75) is 251 Å². The first-order chi connectivity index (χ1) is 30.5. The number of rotatable bonds is 45. The first-order valence-corrected chi connectivity index (χ1v) is 25.9. The molecule has 0 rings (SSSR count). The van der Waals surface area contributed by atoms with Crippen molar-refractivity contribution in [1.29, 1.82) is 0 Å². The van der Waals surface area contributed by atoms with Crippen molar-refractivity contribution in [2.24, 2.45) is 0 Å². The van der Waals surface area contributed by atoms with Crippen LogP contribution in [0.3, 0.4) is 0 Å². The van der Waals surface area contributed by atoms with E-state index in [2.05, 4.69) is 56.5 Å². The molecule has 0 aliphatic carbocycles. The Kier molecular flexibility index (Phi) is 46.7. The lowest BCUT2D eigenvalue weighted by Gasteiger charge is -2.24. The highest BCUT2D eigenvalue weighted by molar-refractivity contribution is 5.77. The molecule has 0 aliphatic rings. The number of ether oxygens (including phenoxy) is 1. The number of amides is 1. The zero-order valence-electron chi connectivity index (χ0n) is 40.5. The molecule has 0 spiro atoms. The number of aliphatic hydroxyl groups excluding tert-OH is 2. The molecule has 0 bridgehead atoms. The summed E-state index contributed by atoms with van der Waals surface area (Å²) in [4.78, 5) is 26.1. The third-order valence-electron chi connectivity index (χ3n) is 11.3. The SMILES string of the molecule is CC/C=C/C=C/C=C\C=C/C=C/CC(CC(=O)NC(CO)C(O)CCCCCCCCCCCCCCCCC)OC(=O)CCCCCCCCC/C=C\C/C=C\CCCCC. The van der Waals surface area contributed by atoms with Crippen LogP contribution in [0.5, 0.6) is 0 Å². The van der Waals surface area contributed by atoms with Crippen molar-refractivity contribution >= 4 is 11.9 Å². The minimum atomic E-state index is -0.822. The number of allylic oxidation sites excluding steroid dienone is 13. The Balaban J connectivity index is 4.63. The number of nitrogens with one attached hydrogen (secondary N) is 1. The molecular weight excluding hydrogens is 767 g/mol. The molecule has 6 heteroatoms. The van der Waals surface area contributed by atoms with E-state index in [0.29, 0.717) is 19.3 Å². The van der Waals surface area contributed by atoms with Gasteiger partial charge in [0.25, 0.3) is 0 Å². The third kappa shape index (κ3) is 43.7. The number of esters is 1. The molecule has 62 heavy (non-hydrogen) atoms. The van der Waals surface area contributed by atoms with E-state index in [1.165, 1.54) is 128 Å². The summed E-state index contributed by atoms with van der Waals surface area (Å²) in [7, 11) is 0. The van der Waals surface area contributed by atoms with Gasteiger partial charge in [-0.15, -0.1) is 0 Å². The maximum absolute atomic E-state index is 13.2. The van der Waals surface area contributed by atoms with Gasteiger partial charge < -0.3 is 20.3 Å². The average molecular weight is 864 g/mol. The van der Waals surface area contributed by atoms with E-state index in [1.807, 2.05) is 54.7 Å². The topological polar surface area (TPSA) is 95.9 Å². The third-order valence-corrected chi connectivity index (χ3v) is 11.3. The van der Waals surface area contributed by atoms with Gasteiger partial charge in [-0.05, 0) is 51.4 Å². The van der Waals surface area contributed by atoms with Crippen LogP contribution in [0.15, 0.2) is 85.1 Å². The van der Waals surface area contributed by atoms with Crippen molar-refractivity contribution in [3.8, 4) is 0 Å². The lowest BCUT2D eigenvalue weighted by Crippen LogP contribution is -2.46. The van der Waals surface area contributed by atoms with Crippen LogP contribution in [0, 0.1) is 0 Å². The summed E-state index contributed by atoms with van der Waals surface area (Å²) >= 11 is 0. The highest BCUT2D eigenvalue weighted by Gasteiger charge is 2.23. The lowest BCUT2D eigenvalue weighted by molar-refractivity contribution is -0.150. The molecule has 0 fully saturated rings. The Morgan fingerprint density at radius 2 is 0.952 bits per heavy atom. The zero-order valence-corrected chi connectivity index (χ0v) is 40.5. The lowest BCUT2D eigenvalue weighted by atomic mass is 10.0. The monoisotopic (exact) mass is 864 g/mol. The summed E-state index contributed by atoms with van der Waals surface area (Å²) in [6.07, 6.45) is 63.8. The number of unbranched alkanes of at least 4 members (excludes halogenated alkanes) is 24. The maximum Gasteiger partial charge on any atom is 0.306 e. The van der Waals surface area contributed by atoms with E-state index in [1.54, 1.807) is 0 Å². The molecule has 3 unspecified atom stereocenters. The number of carbonyl (C=O) groups excluding carboxylic acids is 2. The normalized spacial score (nSPS) is 14.0. The summed E-state index contributed by atoms with van der Waals surface area (Å²) in [5.74, 6) is -0.619. The summed E-state index contributed by atoms with van der Waals surface area (Å²) in [6.45, 7) is 6.27. The Morgan fingerprint density at radius 3 is 1.47 bits per heavy atom. The van der Waals surface area contributed by atoms with Gasteiger partial charge in [-0.1, -0.05) is 247 Å². The van der Waals surface area contributed by atoms with E-state index >= 15 is 0 Å². The molecule has 1 amide bonds. The number of hydrogen-bond donors (Lipinski definition) is 3. The predicted molar refractivity (Wildman–Crippen MR) is 268 cm³/mol. The van der Waals surface area contributed by atoms with E-state index in [0.717, 1.165) is 57.8 Å². The van der Waals surface area contributed by atoms with Gasteiger partial charge in [0.15, 0.2) is 0 Å². The fraction of sp³-hybridized carbons (Fsp3) is 0.714. The van der Waals surface area contributed by atoms with Crippen molar-refractivity contribution in [3.63, 3.8) is 0 Å². The molecule has 6 nitrogen and oxygen atoms in total. The van der Waals surface area contributed by atoms with E-state index in [4.69, 9.17) is 4.74 Å². The minimum Gasteiger partial charge on any atom is -0.461 e. The van der Waals surface area contributed by atoms with Crippen molar-refractivity contribution in [2.75, 3.05) is 6.61 Å². The molecule has 3 atom stereocenters. The average Bonchev–Trinajstić information content (AvgIpc) is 3.26. The van der Waals surface area contributed by atoms with Gasteiger partial charge in [0, 0.05) is 12.8 Å². The largest absolute Gasteiger partial charge is 0.461 e. The molecule has 0 heterocycles. The summed E-state index contributed by atoms with van der Waals surface area (Å²) in [5.41, 5.74) is 0. The smallest absolute Gasteiger partial charge is 0.306 e. The maximum atomic E-state index is 13.2. The van der Waals surface area contributed by atoms with Gasteiger partial charge >= 0.3 is 5.97 Å². The van der Waals surface area contributed by atoms with Gasteiger partial charge in [-0.25, -0.2) is 0 Å². The van der Waals surface area contributed by atoms with Gasteiger partial charge in [0.05, 0.1) is 25.2 Å². The standard InChI is InChI=1S/C56H97NO5/c1-4-7-10-13-16-19-22-24-26-27-29-31-34-37-40-43-46-49-56(61)62-52(47-44-41-38-35-32-21-18-15-12-9-6-3)50-55(60)57-53(51-58)54(59)48-45-42-39-36-33-30-28-25-23-20-17-14-11-8-5-2/h9,12,15-16,18-19,21,24,26,32,35,38,41,44,52-54,58-59H,4-8,10-11,13-14,17,20,22-23,25,27-31,33-34,36-37,39-40,42-43,45-51H2,1-3H3,(H,57,60)/b12-9+,18-15+,19-16-,26-24-,32-21-,38-35-,44-41+. The Labute approximate surface area is 383 Å². The zero-order chi connectivity index (χ0) is 45.2. The summed E-state index contributed by atoms with van der Waals surface area (Å²) in [6, 6.07) is -0.744. The van der Waals surface area contributed by atoms with Gasteiger partial charge in [0.1, 0.15) is 6.10 Å². The summed E-state index contributed by atoms with van der Waals surface area (Å²) < 4.78 is 5.84.